The van der Waals surface area contributed by atoms with Gasteiger partial charge in [0, 0.05) is 28.8 Å². The molecule has 0 atom stereocenters. The van der Waals surface area contributed by atoms with Gasteiger partial charge in [-0.25, -0.2) is 9.78 Å². The lowest BCUT2D eigenvalue weighted by atomic mass is 10.1. The minimum atomic E-state index is -1.00. The van der Waals surface area contributed by atoms with Crippen LogP contribution < -0.4 is 5.32 Å². The number of thiazole rings is 1. The molecule has 0 amide bonds. The Labute approximate surface area is 156 Å². The van der Waals surface area contributed by atoms with Crippen LogP contribution in [0.4, 0.5) is 16.5 Å². The van der Waals surface area contributed by atoms with Gasteiger partial charge in [0.15, 0.2) is 5.13 Å². The summed E-state index contributed by atoms with van der Waals surface area (Å²) in [4.78, 5) is 25.8. The first-order valence-corrected chi connectivity index (χ1v) is 7.71. The van der Waals surface area contributed by atoms with Crippen molar-refractivity contribution in [1.82, 2.24) is 4.98 Å². The van der Waals surface area contributed by atoms with Crippen LogP contribution in [0.15, 0.2) is 53.9 Å². The Morgan fingerprint density at radius 2 is 1.96 bits per heavy atom. The molecule has 0 radical (unpaired) electrons. The molecule has 9 heteroatoms. The zero-order valence-electron chi connectivity index (χ0n) is 12.6. The van der Waals surface area contributed by atoms with Crippen molar-refractivity contribution in [3.8, 4) is 11.3 Å². The molecule has 0 aliphatic carbocycles. The minimum Gasteiger partial charge on any atom is -0.478 e. The van der Waals surface area contributed by atoms with Gasteiger partial charge in [0.2, 0.25) is 0 Å². The van der Waals surface area contributed by atoms with Gasteiger partial charge in [-0.2, -0.15) is 0 Å². The average molecular weight is 422 g/mol. The third-order valence-electron chi connectivity index (χ3n) is 3.22. The fraction of sp³-hybridized carbons (Fsp3) is 0. The second kappa shape index (κ2) is 7.86. The van der Waals surface area contributed by atoms with Crippen LogP contribution in [0, 0.1) is 10.1 Å². The molecule has 0 saturated heterocycles. The number of aromatic nitrogens is 1. The van der Waals surface area contributed by atoms with Crippen molar-refractivity contribution < 1.29 is 14.8 Å². The van der Waals surface area contributed by atoms with E-state index in [1.54, 1.807) is 29.6 Å². The zero-order chi connectivity index (χ0) is 17.1. The first-order chi connectivity index (χ1) is 11.5. The number of hydrogen-bond acceptors (Lipinski definition) is 6. The fourth-order valence-corrected chi connectivity index (χ4v) is 2.84. The highest BCUT2D eigenvalue weighted by molar-refractivity contribution is 8.93. The molecule has 3 aromatic rings. The van der Waals surface area contributed by atoms with E-state index in [1.165, 1.54) is 35.6 Å². The lowest BCUT2D eigenvalue weighted by Gasteiger charge is -2.03. The summed E-state index contributed by atoms with van der Waals surface area (Å²) in [6, 6.07) is 12.6. The number of nitro benzene ring substituents is 1. The molecule has 0 aliphatic heterocycles. The van der Waals surface area contributed by atoms with E-state index in [0.29, 0.717) is 22.1 Å². The average Bonchev–Trinajstić information content (AvgIpc) is 3.03. The molecule has 0 bridgehead atoms. The highest BCUT2D eigenvalue weighted by Crippen LogP contribution is 2.29. The number of carboxylic acid groups (broad SMARTS) is 1. The number of carbonyl (C=O) groups is 1. The summed E-state index contributed by atoms with van der Waals surface area (Å²) in [5.74, 6) is -1.00. The molecule has 3 rings (SSSR count). The maximum atomic E-state index is 11.0. The van der Waals surface area contributed by atoms with Gasteiger partial charge in [-0.15, -0.1) is 28.3 Å². The summed E-state index contributed by atoms with van der Waals surface area (Å²) in [5, 5.41) is 25.2. The number of carboxylic acids is 1. The van der Waals surface area contributed by atoms with E-state index in [9.17, 15) is 14.9 Å². The predicted octanol–water partition coefficient (Wildman–Crippen LogP) is 4.74. The quantitative estimate of drug-likeness (QED) is 0.455. The Bertz CT molecular complexity index is 929. The summed E-state index contributed by atoms with van der Waals surface area (Å²) in [7, 11) is 0. The highest BCUT2D eigenvalue weighted by atomic mass is 79.9. The van der Waals surface area contributed by atoms with Gasteiger partial charge in [-0.1, -0.05) is 18.2 Å². The number of hydrogen-bond donors (Lipinski definition) is 2. The molecule has 25 heavy (non-hydrogen) atoms. The Hall–Kier alpha value is -2.78. The number of benzene rings is 2. The Kier molecular flexibility index (Phi) is 5.84. The van der Waals surface area contributed by atoms with E-state index < -0.39 is 10.9 Å². The van der Waals surface area contributed by atoms with Crippen molar-refractivity contribution in [2.75, 3.05) is 5.32 Å². The van der Waals surface area contributed by atoms with Crippen LogP contribution in [0.1, 0.15) is 10.4 Å². The zero-order valence-corrected chi connectivity index (χ0v) is 15.1. The maximum absolute atomic E-state index is 11.0. The second-order valence-corrected chi connectivity index (χ2v) is 5.71. The number of rotatable bonds is 5. The number of nitrogens with one attached hydrogen (secondary N) is 1. The molecule has 2 aromatic carbocycles. The first-order valence-electron chi connectivity index (χ1n) is 6.83. The molecule has 1 aromatic heterocycles. The van der Waals surface area contributed by atoms with Crippen molar-refractivity contribution in [3.63, 3.8) is 0 Å². The van der Waals surface area contributed by atoms with Gasteiger partial charge >= 0.3 is 5.97 Å². The normalized spacial score (nSPS) is 9.92. The van der Waals surface area contributed by atoms with Crippen LogP contribution in [-0.2, 0) is 0 Å². The molecule has 0 saturated carbocycles. The molecule has 0 spiro atoms. The van der Waals surface area contributed by atoms with Gasteiger partial charge in [0.1, 0.15) is 0 Å². The summed E-state index contributed by atoms with van der Waals surface area (Å²) < 4.78 is 0. The third-order valence-corrected chi connectivity index (χ3v) is 3.98. The number of nitro groups is 1. The van der Waals surface area contributed by atoms with Gasteiger partial charge in [0.05, 0.1) is 16.2 Å². The molecule has 0 fully saturated rings. The number of halogens is 1. The second-order valence-electron chi connectivity index (χ2n) is 4.86. The number of non-ortho nitro benzene ring substituents is 1. The number of aromatic carboxylic acids is 1. The predicted molar refractivity (Wildman–Crippen MR) is 101 cm³/mol. The van der Waals surface area contributed by atoms with Crippen LogP contribution >= 0.6 is 28.3 Å². The van der Waals surface area contributed by atoms with Crippen LogP contribution in [0.2, 0.25) is 0 Å². The van der Waals surface area contributed by atoms with Crippen LogP contribution in [0.25, 0.3) is 11.3 Å². The summed E-state index contributed by atoms with van der Waals surface area (Å²) in [6.07, 6.45) is 0. The lowest BCUT2D eigenvalue weighted by Crippen LogP contribution is -1.97. The minimum absolute atomic E-state index is 0. The van der Waals surface area contributed by atoms with Crippen LogP contribution in [0.3, 0.4) is 0 Å². The van der Waals surface area contributed by atoms with Crippen molar-refractivity contribution in [3.05, 3.63) is 69.6 Å². The van der Waals surface area contributed by atoms with Crippen molar-refractivity contribution in [2.45, 2.75) is 0 Å². The van der Waals surface area contributed by atoms with Crippen LogP contribution in [0.5, 0.6) is 0 Å². The Morgan fingerprint density at radius 1 is 1.20 bits per heavy atom. The highest BCUT2D eigenvalue weighted by Gasteiger charge is 2.10. The SMILES string of the molecule is Br.O=C(O)c1cccc(Nc2nc(-c3cccc([N+](=O)[O-])c3)cs2)c1. The fourth-order valence-electron chi connectivity index (χ4n) is 2.10. The summed E-state index contributed by atoms with van der Waals surface area (Å²) in [5.41, 5.74) is 2.04. The molecule has 2 N–H and O–H groups in total. The van der Waals surface area contributed by atoms with E-state index >= 15 is 0 Å². The summed E-state index contributed by atoms with van der Waals surface area (Å²) >= 11 is 1.33. The molecular formula is C16H12BrN3O4S. The van der Waals surface area contributed by atoms with Crippen molar-refractivity contribution in [1.29, 1.82) is 0 Å². The smallest absolute Gasteiger partial charge is 0.335 e. The molecule has 7 nitrogen and oxygen atoms in total. The van der Waals surface area contributed by atoms with Crippen molar-refractivity contribution in [2.24, 2.45) is 0 Å². The maximum Gasteiger partial charge on any atom is 0.335 e. The van der Waals surface area contributed by atoms with E-state index in [-0.39, 0.29) is 28.2 Å². The third kappa shape index (κ3) is 4.40. The molecule has 1 heterocycles. The Balaban J connectivity index is 0.00000225. The first kappa shape index (κ1) is 18.6. The van der Waals surface area contributed by atoms with Gasteiger partial charge in [-0.3, -0.25) is 10.1 Å². The van der Waals surface area contributed by atoms with E-state index in [1.807, 2.05) is 0 Å². The van der Waals surface area contributed by atoms with E-state index in [2.05, 4.69) is 10.3 Å². The number of nitrogens with zero attached hydrogens (tertiary/aromatic N) is 2. The number of anilines is 2. The van der Waals surface area contributed by atoms with E-state index in [0.717, 1.165) is 0 Å². The van der Waals surface area contributed by atoms with Gasteiger partial charge in [0.25, 0.3) is 5.69 Å². The molecule has 128 valence electrons. The molecule has 0 aliphatic rings. The largest absolute Gasteiger partial charge is 0.478 e. The van der Waals surface area contributed by atoms with Gasteiger partial charge < -0.3 is 10.4 Å². The topological polar surface area (TPSA) is 105 Å². The van der Waals surface area contributed by atoms with E-state index in [4.69, 9.17) is 5.11 Å². The molecular weight excluding hydrogens is 410 g/mol. The Morgan fingerprint density at radius 3 is 2.68 bits per heavy atom. The van der Waals surface area contributed by atoms with Crippen molar-refractivity contribution >= 4 is 50.8 Å². The standard InChI is InChI=1S/C16H11N3O4S.BrH/c20-15(21)11-4-1-5-12(7-11)17-16-18-14(9-24-16)10-3-2-6-13(8-10)19(22)23;/h1-9H,(H,17,18)(H,20,21);1H. The summed E-state index contributed by atoms with van der Waals surface area (Å²) in [6.45, 7) is 0. The molecule has 0 unspecified atom stereocenters. The lowest BCUT2D eigenvalue weighted by molar-refractivity contribution is -0.384. The van der Waals surface area contributed by atoms with Crippen LogP contribution in [-0.4, -0.2) is 21.0 Å². The monoisotopic (exact) mass is 421 g/mol. The van der Waals surface area contributed by atoms with Gasteiger partial charge in [-0.05, 0) is 18.2 Å².